The maximum absolute atomic E-state index is 12.6. The van der Waals surface area contributed by atoms with Crippen molar-refractivity contribution >= 4 is 11.8 Å². The summed E-state index contributed by atoms with van der Waals surface area (Å²) in [6.45, 7) is 9.14. The van der Waals surface area contributed by atoms with E-state index in [0.29, 0.717) is 12.5 Å². The van der Waals surface area contributed by atoms with Gasteiger partial charge in [-0.15, -0.1) is 0 Å². The molecule has 3 atom stereocenters. The molecule has 116 valence electrons. The minimum Gasteiger partial charge on any atom is -0.343 e. The zero-order valence-corrected chi connectivity index (χ0v) is 13.4. The van der Waals surface area contributed by atoms with Crippen LogP contribution in [-0.4, -0.2) is 35.3 Å². The van der Waals surface area contributed by atoms with Gasteiger partial charge in [0.05, 0.1) is 0 Å². The highest BCUT2D eigenvalue weighted by Crippen LogP contribution is 2.20. The summed E-state index contributed by atoms with van der Waals surface area (Å²) < 4.78 is 0. The van der Waals surface area contributed by atoms with Crippen molar-refractivity contribution in [3.05, 3.63) is 0 Å². The van der Waals surface area contributed by atoms with Crippen LogP contribution in [0.2, 0.25) is 0 Å². The molecule has 0 spiro atoms. The number of carbonyl (C=O) groups is 2. The molecular formula is C16H30N2O2. The molecule has 20 heavy (non-hydrogen) atoms. The number of nitrogens with zero attached hydrogens (tertiary/aromatic N) is 1. The first-order chi connectivity index (χ1) is 9.54. The van der Waals surface area contributed by atoms with Crippen LogP contribution < -0.4 is 5.32 Å². The molecule has 1 saturated heterocycles. The van der Waals surface area contributed by atoms with Crippen LogP contribution in [0.1, 0.15) is 66.2 Å². The average molecular weight is 282 g/mol. The van der Waals surface area contributed by atoms with Gasteiger partial charge in [0, 0.05) is 6.54 Å². The number of rotatable bonds is 8. The van der Waals surface area contributed by atoms with Gasteiger partial charge in [-0.25, -0.2) is 0 Å². The fourth-order valence-electron chi connectivity index (χ4n) is 3.01. The molecule has 1 heterocycles. The van der Waals surface area contributed by atoms with Crippen LogP contribution >= 0.6 is 0 Å². The Kier molecular flexibility index (Phi) is 7.03. The number of hydrogen-bond donors (Lipinski definition) is 1. The Morgan fingerprint density at radius 3 is 2.30 bits per heavy atom. The van der Waals surface area contributed by atoms with E-state index in [-0.39, 0.29) is 23.9 Å². The molecular weight excluding hydrogens is 252 g/mol. The molecule has 2 amide bonds. The van der Waals surface area contributed by atoms with Gasteiger partial charge in [-0.2, -0.15) is 0 Å². The van der Waals surface area contributed by atoms with Crippen molar-refractivity contribution in [2.75, 3.05) is 6.54 Å². The standard InChI is InChI=1S/C16H30N2O2/c1-5-8-12(4)11-18-14(10-7-3)15(19)17-13(9-6-2)16(18)20/h12-14H,5-11H2,1-4H3,(H,17,19). The highest BCUT2D eigenvalue weighted by atomic mass is 16.2. The van der Waals surface area contributed by atoms with E-state index >= 15 is 0 Å². The molecule has 1 fully saturated rings. The van der Waals surface area contributed by atoms with Crippen LogP contribution in [0.4, 0.5) is 0 Å². The fraction of sp³-hybridized carbons (Fsp3) is 0.875. The predicted molar refractivity (Wildman–Crippen MR) is 81.3 cm³/mol. The van der Waals surface area contributed by atoms with Crippen molar-refractivity contribution in [1.29, 1.82) is 0 Å². The van der Waals surface area contributed by atoms with Gasteiger partial charge in [0.25, 0.3) is 0 Å². The van der Waals surface area contributed by atoms with E-state index in [1.54, 1.807) is 0 Å². The Labute approximate surface area is 123 Å². The summed E-state index contributed by atoms with van der Waals surface area (Å²) in [5.74, 6) is 0.609. The largest absolute Gasteiger partial charge is 0.343 e. The summed E-state index contributed by atoms with van der Waals surface area (Å²) in [6, 6.07) is -0.575. The zero-order chi connectivity index (χ0) is 15.1. The number of piperazine rings is 1. The molecule has 1 aliphatic rings. The van der Waals surface area contributed by atoms with Crippen LogP contribution in [-0.2, 0) is 9.59 Å². The van der Waals surface area contributed by atoms with Crippen LogP contribution in [0.5, 0.6) is 0 Å². The Hall–Kier alpha value is -1.06. The van der Waals surface area contributed by atoms with Gasteiger partial charge in [-0.05, 0) is 25.2 Å². The third-order valence-electron chi connectivity index (χ3n) is 4.01. The van der Waals surface area contributed by atoms with E-state index < -0.39 is 0 Å². The molecule has 1 N–H and O–H groups in total. The summed E-state index contributed by atoms with van der Waals surface area (Å²) in [5, 5.41) is 2.91. The van der Waals surface area contributed by atoms with Crippen LogP contribution in [0.25, 0.3) is 0 Å². The van der Waals surface area contributed by atoms with Crippen LogP contribution in [0.3, 0.4) is 0 Å². The van der Waals surface area contributed by atoms with Crippen molar-refractivity contribution in [2.45, 2.75) is 78.3 Å². The number of carbonyl (C=O) groups excluding carboxylic acids is 2. The molecule has 3 unspecified atom stereocenters. The second-order valence-corrected chi connectivity index (χ2v) is 6.04. The Morgan fingerprint density at radius 1 is 1.10 bits per heavy atom. The summed E-state index contributed by atoms with van der Waals surface area (Å²) in [6.07, 6.45) is 5.54. The van der Waals surface area contributed by atoms with Crippen molar-refractivity contribution in [3.8, 4) is 0 Å². The molecule has 4 heteroatoms. The third kappa shape index (κ3) is 4.22. The van der Waals surface area contributed by atoms with E-state index in [4.69, 9.17) is 0 Å². The van der Waals surface area contributed by atoms with Gasteiger partial charge in [0.15, 0.2) is 0 Å². The SMILES string of the molecule is CCCC(C)CN1C(=O)C(CCC)NC(=O)C1CCC. The van der Waals surface area contributed by atoms with Crippen LogP contribution in [0.15, 0.2) is 0 Å². The van der Waals surface area contributed by atoms with Gasteiger partial charge in [-0.3, -0.25) is 9.59 Å². The highest BCUT2D eigenvalue weighted by molar-refractivity contribution is 5.96. The van der Waals surface area contributed by atoms with Crippen molar-refractivity contribution < 1.29 is 9.59 Å². The molecule has 0 radical (unpaired) electrons. The normalized spacial score (nSPS) is 24.7. The number of hydrogen-bond acceptors (Lipinski definition) is 2. The minimum absolute atomic E-state index is 0.0357. The van der Waals surface area contributed by atoms with E-state index in [0.717, 1.165) is 38.5 Å². The molecule has 1 aliphatic heterocycles. The first kappa shape index (κ1) is 17.0. The van der Waals surface area contributed by atoms with E-state index in [1.165, 1.54) is 0 Å². The summed E-state index contributed by atoms with van der Waals surface area (Å²) in [4.78, 5) is 26.7. The quantitative estimate of drug-likeness (QED) is 0.744. The van der Waals surface area contributed by atoms with Crippen molar-refractivity contribution in [3.63, 3.8) is 0 Å². The lowest BCUT2D eigenvalue weighted by Crippen LogP contribution is -2.63. The van der Waals surface area contributed by atoms with Crippen molar-refractivity contribution in [2.24, 2.45) is 5.92 Å². The Bertz CT molecular complexity index is 330. The molecule has 4 nitrogen and oxygen atoms in total. The van der Waals surface area contributed by atoms with Gasteiger partial charge < -0.3 is 10.2 Å². The second-order valence-electron chi connectivity index (χ2n) is 6.04. The van der Waals surface area contributed by atoms with Gasteiger partial charge >= 0.3 is 0 Å². The molecule has 0 aliphatic carbocycles. The third-order valence-corrected chi connectivity index (χ3v) is 4.01. The zero-order valence-electron chi connectivity index (χ0n) is 13.4. The summed E-state index contributed by atoms with van der Waals surface area (Å²) in [5.41, 5.74) is 0. The molecule has 0 aromatic rings. The van der Waals surface area contributed by atoms with Crippen molar-refractivity contribution in [1.82, 2.24) is 10.2 Å². The first-order valence-corrected chi connectivity index (χ1v) is 8.15. The monoisotopic (exact) mass is 282 g/mol. The van der Waals surface area contributed by atoms with Gasteiger partial charge in [-0.1, -0.05) is 47.0 Å². The fourth-order valence-corrected chi connectivity index (χ4v) is 3.01. The van der Waals surface area contributed by atoms with Gasteiger partial charge in [0.1, 0.15) is 12.1 Å². The minimum atomic E-state index is -0.311. The van der Waals surface area contributed by atoms with Crippen LogP contribution in [0, 0.1) is 5.92 Å². The van der Waals surface area contributed by atoms with E-state index in [2.05, 4.69) is 26.1 Å². The Balaban J connectivity index is 2.83. The summed E-state index contributed by atoms with van der Waals surface area (Å²) >= 11 is 0. The highest BCUT2D eigenvalue weighted by Gasteiger charge is 2.39. The summed E-state index contributed by atoms with van der Waals surface area (Å²) in [7, 11) is 0. The molecule has 0 bridgehead atoms. The molecule has 0 aromatic heterocycles. The molecule has 0 aromatic carbocycles. The first-order valence-electron chi connectivity index (χ1n) is 8.15. The maximum atomic E-state index is 12.6. The maximum Gasteiger partial charge on any atom is 0.245 e. The van der Waals surface area contributed by atoms with Gasteiger partial charge in [0.2, 0.25) is 11.8 Å². The lowest BCUT2D eigenvalue weighted by molar-refractivity contribution is -0.150. The van der Waals surface area contributed by atoms with E-state index in [1.807, 2.05) is 11.8 Å². The average Bonchev–Trinajstić information content (AvgIpc) is 2.40. The van der Waals surface area contributed by atoms with E-state index in [9.17, 15) is 9.59 Å². The number of nitrogens with one attached hydrogen (secondary N) is 1. The molecule has 0 saturated carbocycles. The number of amides is 2. The lowest BCUT2D eigenvalue weighted by atomic mass is 9.97. The second kappa shape index (κ2) is 8.28. The Morgan fingerprint density at radius 2 is 1.75 bits per heavy atom. The smallest absolute Gasteiger partial charge is 0.245 e. The lowest BCUT2D eigenvalue weighted by Gasteiger charge is -2.40. The predicted octanol–water partition coefficient (Wildman–Crippen LogP) is 2.72. The topological polar surface area (TPSA) is 49.4 Å². The molecule has 1 rings (SSSR count).